The third-order valence-corrected chi connectivity index (χ3v) is 5.00. The molecule has 0 fully saturated rings. The number of nitrogens with one attached hydrogen (secondary N) is 1. The number of methoxy groups -OCH3 is 1. The Morgan fingerprint density at radius 2 is 2.05 bits per heavy atom. The Balaban J connectivity index is 3.00. The molecule has 1 aromatic rings. The number of rotatable bonds is 6. The second-order valence-corrected chi connectivity index (χ2v) is 6.97. The Hall–Kier alpha value is -1.14. The van der Waals surface area contributed by atoms with Crippen molar-refractivity contribution in [2.45, 2.75) is 24.6 Å². The molecule has 1 N–H and O–H groups in total. The van der Waals surface area contributed by atoms with Crippen LogP contribution < -0.4 is 10.1 Å². The lowest BCUT2D eigenvalue weighted by Gasteiger charge is -2.22. The highest BCUT2D eigenvalue weighted by atomic mass is 32.2. The van der Waals surface area contributed by atoms with Crippen molar-refractivity contribution in [1.29, 1.82) is 0 Å². The minimum Gasteiger partial charge on any atom is -0.494 e. The molecule has 0 aromatic heterocycles. The summed E-state index contributed by atoms with van der Waals surface area (Å²) in [4.78, 5) is 0. The molecule has 1 aromatic carbocycles. The fraction of sp³-hybridized carbons (Fsp3) is 0.538. The first-order valence-corrected chi connectivity index (χ1v) is 7.94. The summed E-state index contributed by atoms with van der Waals surface area (Å²) in [6.45, 7) is 1.62. The lowest BCUT2D eigenvalue weighted by atomic mass is 10.0. The van der Waals surface area contributed by atoms with Crippen molar-refractivity contribution in [2.24, 2.45) is 0 Å². The molecule has 0 aliphatic rings. The van der Waals surface area contributed by atoms with E-state index in [1.165, 1.54) is 19.4 Å². The Morgan fingerprint density at radius 1 is 1.42 bits per heavy atom. The summed E-state index contributed by atoms with van der Waals surface area (Å²) in [5.74, 6) is -0.273. The predicted molar refractivity (Wildman–Crippen MR) is 73.8 cm³/mol. The SMILES string of the molecule is CNC(Cc1cccc(OC)c1F)C(C)S(C)(=O)=O. The molecular formula is C13H20FNO3S. The second kappa shape index (κ2) is 6.34. The quantitative estimate of drug-likeness (QED) is 0.860. The molecule has 0 saturated carbocycles. The van der Waals surface area contributed by atoms with Crippen molar-refractivity contribution in [3.63, 3.8) is 0 Å². The van der Waals surface area contributed by atoms with Crippen molar-refractivity contribution in [3.8, 4) is 5.75 Å². The van der Waals surface area contributed by atoms with Crippen molar-refractivity contribution < 1.29 is 17.5 Å². The fourth-order valence-corrected chi connectivity index (χ4v) is 2.74. The molecule has 19 heavy (non-hydrogen) atoms. The summed E-state index contributed by atoms with van der Waals surface area (Å²) < 4.78 is 42.1. The highest BCUT2D eigenvalue weighted by Crippen LogP contribution is 2.22. The minimum absolute atomic E-state index is 0.166. The van der Waals surface area contributed by atoms with Crippen molar-refractivity contribution in [3.05, 3.63) is 29.6 Å². The van der Waals surface area contributed by atoms with E-state index < -0.39 is 20.9 Å². The van der Waals surface area contributed by atoms with E-state index in [1.807, 2.05) is 0 Å². The molecule has 0 heterocycles. The van der Waals surface area contributed by atoms with Crippen molar-refractivity contribution >= 4 is 9.84 Å². The Labute approximate surface area is 113 Å². The van der Waals surface area contributed by atoms with Crippen LogP contribution in [0.25, 0.3) is 0 Å². The smallest absolute Gasteiger partial charge is 0.168 e. The van der Waals surface area contributed by atoms with Crippen LogP contribution in [0, 0.1) is 5.82 Å². The molecule has 0 amide bonds. The number of ether oxygens (including phenoxy) is 1. The maximum absolute atomic E-state index is 14.0. The molecule has 1 rings (SSSR count). The second-order valence-electron chi connectivity index (χ2n) is 4.57. The van der Waals surface area contributed by atoms with Crippen LogP contribution in [0.3, 0.4) is 0 Å². The monoisotopic (exact) mass is 289 g/mol. The van der Waals surface area contributed by atoms with Gasteiger partial charge < -0.3 is 10.1 Å². The predicted octanol–water partition coefficient (Wildman–Crippen LogP) is 1.40. The van der Waals surface area contributed by atoms with Gasteiger partial charge in [0.25, 0.3) is 0 Å². The lowest BCUT2D eigenvalue weighted by molar-refractivity contribution is 0.382. The third kappa shape index (κ3) is 3.91. The van der Waals surface area contributed by atoms with E-state index in [4.69, 9.17) is 4.74 Å². The van der Waals surface area contributed by atoms with E-state index in [1.54, 1.807) is 26.1 Å². The fourth-order valence-electron chi connectivity index (χ4n) is 1.91. The van der Waals surface area contributed by atoms with E-state index in [2.05, 4.69) is 5.32 Å². The van der Waals surface area contributed by atoms with Crippen LogP contribution in [0.2, 0.25) is 0 Å². The molecule has 6 heteroatoms. The number of hydrogen-bond acceptors (Lipinski definition) is 4. The van der Waals surface area contributed by atoms with E-state index in [0.29, 0.717) is 5.56 Å². The maximum Gasteiger partial charge on any atom is 0.168 e. The standard InChI is InChI=1S/C13H20FNO3S/c1-9(19(4,16)17)11(15-2)8-10-6-5-7-12(18-3)13(10)14/h5-7,9,11,15H,8H2,1-4H3. The van der Waals surface area contributed by atoms with Crippen molar-refractivity contribution in [2.75, 3.05) is 20.4 Å². The summed E-state index contributed by atoms with van der Waals surface area (Å²) in [6, 6.07) is 4.51. The summed E-state index contributed by atoms with van der Waals surface area (Å²) in [5, 5.41) is 2.34. The molecule has 108 valence electrons. The average Bonchev–Trinajstić information content (AvgIpc) is 2.35. The lowest BCUT2D eigenvalue weighted by Crippen LogP contribution is -2.42. The summed E-state index contributed by atoms with van der Waals surface area (Å²) in [7, 11) is -0.108. The van der Waals surface area contributed by atoms with E-state index >= 15 is 0 Å². The zero-order chi connectivity index (χ0) is 14.6. The number of benzene rings is 1. The summed E-state index contributed by atoms with van der Waals surface area (Å²) >= 11 is 0. The molecule has 2 atom stereocenters. The van der Waals surface area contributed by atoms with Gasteiger partial charge >= 0.3 is 0 Å². The van der Waals surface area contributed by atoms with Crippen LogP contribution >= 0.6 is 0 Å². The third-order valence-electron chi connectivity index (χ3n) is 3.32. The first-order chi connectivity index (χ1) is 8.81. The van der Waals surface area contributed by atoms with Gasteiger partial charge in [-0.3, -0.25) is 0 Å². The van der Waals surface area contributed by atoms with Gasteiger partial charge in [-0.15, -0.1) is 0 Å². The Morgan fingerprint density at radius 3 is 2.53 bits per heavy atom. The maximum atomic E-state index is 14.0. The summed E-state index contributed by atoms with van der Waals surface area (Å²) in [5.41, 5.74) is 0.439. The molecule has 4 nitrogen and oxygen atoms in total. The average molecular weight is 289 g/mol. The van der Waals surface area contributed by atoms with Gasteiger partial charge in [-0.05, 0) is 32.0 Å². The van der Waals surface area contributed by atoms with Gasteiger partial charge in [-0.2, -0.15) is 0 Å². The first kappa shape index (κ1) is 15.9. The highest BCUT2D eigenvalue weighted by Gasteiger charge is 2.26. The van der Waals surface area contributed by atoms with E-state index in [9.17, 15) is 12.8 Å². The topological polar surface area (TPSA) is 55.4 Å². The van der Waals surface area contributed by atoms with E-state index in [0.717, 1.165) is 0 Å². The van der Waals surface area contributed by atoms with Crippen LogP contribution in [0.1, 0.15) is 12.5 Å². The molecule has 0 aliphatic carbocycles. The molecule has 0 saturated heterocycles. The van der Waals surface area contributed by atoms with Crippen LogP contribution in [0.4, 0.5) is 4.39 Å². The normalized spacial score (nSPS) is 15.0. The van der Waals surface area contributed by atoms with Gasteiger partial charge in [-0.25, -0.2) is 12.8 Å². The number of sulfone groups is 1. The first-order valence-electron chi connectivity index (χ1n) is 5.98. The van der Waals surface area contributed by atoms with Gasteiger partial charge in [0, 0.05) is 12.3 Å². The molecule has 0 spiro atoms. The van der Waals surface area contributed by atoms with Gasteiger partial charge in [0.2, 0.25) is 0 Å². The number of halogens is 1. The zero-order valence-corrected chi connectivity index (χ0v) is 12.4. The Kier molecular flexibility index (Phi) is 5.31. The van der Waals surface area contributed by atoms with Crippen LogP contribution in [-0.2, 0) is 16.3 Å². The van der Waals surface area contributed by atoms with Crippen LogP contribution in [-0.4, -0.2) is 40.1 Å². The zero-order valence-electron chi connectivity index (χ0n) is 11.6. The molecule has 2 unspecified atom stereocenters. The van der Waals surface area contributed by atoms with Gasteiger partial charge in [-0.1, -0.05) is 12.1 Å². The summed E-state index contributed by atoms with van der Waals surface area (Å²) in [6.07, 6.45) is 1.47. The highest BCUT2D eigenvalue weighted by molar-refractivity contribution is 7.91. The van der Waals surface area contributed by atoms with Crippen molar-refractivity contribution in [1.82, 2.24) is 5.32 Å². The largest absolute Gasteiger partial charge is 0.494 e. The molecular weight excluding hydrogens is 269 g/mol. The van der Waals surface area contributed by atoms with Crippen LogP contribution in [0.5, 0.6) is 5.75 Å². The van der Waals surface area contributed by atoms with Crippen LogP contribution in [0.15, 0.2) is 18.2 Å². The molecule has 0 aliphatic heterocycles. The van der Waals surface area contributed by atoms with Gasteiger partial charge in [0.15, 0.2) is 21.4 Å². The van der Waals surface area contributed by atoms with Gasteiger partial charge in [0.1, 0.15) is 0 Å². The van der Waals surface area contributed by atoms with E-state index in [-0.39, 0.29) is 18.2 Å². The number of likely N-dealkylation sites (N-methyl/N-ethyl adjacent to an activating group) is 1. The number of hydrogen-bond donors (Lipinski definition) is 1. The molecule has 0 bridgehead atoms. The van der Waals surface area contributed by atoms with Gasteiger partial charge in [0.05, 0.1) is 12.4 Å². The molecule has 0 radical (unpaired) electrons. The minimum atomic E-state index is -3.18. The Bertz CT molecular complexity index is 531.